The van der Waals surface area contributed by atoms with Gasteiger partial charge in [-0.05, 0) is 24.5 Å². The van der Waals surface area contributed by atoms with Crippen molar-refractivity contribution in [2.75, 3.05) is 13.2 Å². The summed E-state index contributed by atoms with van der Waals surface area (Å²) in [5.41, 5.74) is 3.89. The van der Waals surface area contributed by atoms with Crippen LogP contribution in [-0.4, -0.2) is 86.4 Å². The van der Waals surface area contributed by atoms with Gasteiger partial charge in [-0.1, -0.05) is 24.3 Å². The van der Waals surface area contributed by atoms with Gasteiger partial charge < -0.3 is 44.5 Å². The summed E-state index contributed by atoms with van der Waals surface area (Å²) < 4.78 is 17.2. The van der Waals surface area contributed by atoms with Crippen LogP contribution < -0.4 is 0 Å². The van der Waals surface area contributed by atoms with Gasteiger partial charge in [0.1, 0.15) is 24.4 Å². The van der Waals surface area contributed by atoms with E-state index in [9.17, 15) is 25.2 Å². The number of hydrogen-bond acceptors (Lipinski definition) is 8. The molecule has 192 valence electrons. The van der Waals surface area contributed by atoms with Gasteiger partial charge in [0.25, 0.3) is 5.91 Å². The van der Waals surface area contributed by atoms with Crippen molar-refractivity contribution in [1.82, 2.24) is 9.88 Å². The molecular weight excluding hydrogens is 468 g/mol. The second kappa shape index (κ2) is 8.98. The second-order valence-corrected chi connectivity index (χ2v) is 9.89. The summed E-state index contributed by atoms with van der Waals surface area (Å²) >= 11 is 0. The lowest BCUT2D eigenvalue weighted by molar-refractivity contribution is -0.339. The number of hydrogen-bond donors (Lipinski definition) is 5. The Balaban J connectivity index is 1.28. The Hall–Kier alpha value is -2.73. The first-order chi connectivity index (χ1) is 17.4. The van der Waals surface area contributed by atoms with Gasteiger partial charge in [0.15, 0.2) is 6.29 Å². The zero-order valence-electron chi connectivity index (χ0n) is 19.6. The summed E-state index contributed by atoms with van der Waals surface area (Å²) in [7, 11) is 0. The SMILES string of the molecule is C=C[C@@H]1[C@@H](O[C@H]2O[C@@H](CO)[C@H](O)[C@@H](O)[C@@H]2O)OC=C2C(=O)N3CCc4c([nH]c5ccccc45)[C@@H]3C[C@@H]21. The highest BCUT2D eigenvalue weighted by atomic mass is 16.8. The van der Waals surface area contributed by atoms with Crippen LogP contribution in [-0.2, 0) is 25.4 Å². The fourth-order valence-corrected chi connectivity index (χ4v) is 6.13. The van der Waals surface area contributed by atoms with Gasteiger partial charge in [0, 0.05) is 35.0 Å². The minimum Gasteiger partial charge on any atom is -0.471 e. The number of carbonyl (C=O) groups is 1. The van der Waals surface area contributed by atoms with Crippen molar-refractivity contribution in [2.45, 2.75) is 55.9 Å². The average Bonchev–Trinajstić information content (AvgIpc) is 3.28. The zero-order valence-corrected chi connectivity index (χ0v) is 19.6. The number of para-hydroxylation sites is 1. The lowest BCUT2D eigenvalue weighted by Gasteiger charge is -2.48. The normalized spacial score (nSPS) is 38.0. The highest BCUT2D eigenvalue weighted by molar-refractivity contribution is 5.96. The van der Waals surface area contributed by atoms with E-state index in [1.807, 2.05) is 23.1 Å². The van der Waals surface area contributed by atoms with E-state index in [1.54, 1.807) is 6.08 Å². The highest BCUT2D eigenvalue weighted by Crippen LogP contribution is 2.48. The predicted molar refractivity (Wildman–Crippen MR) is 126 cm³/mol. The van der Waals surface area contributed by atoms with E-state index in [1.165, 1.54) is 17.2 Å². The van der Waals surface area contributed by atoms with E-state index >= 15 is 0 Å². The van der Waals surface area contributed by atoms with E-state index in [2.05, 4.69) is 17.6 Å². The van der Waals surface area contributed by atoms with Gasteiger partial charge in [-0.2, -0.15) is 0 Å². The minimum absolute atomic E-state index is 0.0845. The van der Waals surface area contributed by atoms with E-state index in [-0.39, 0.29) is 17.9 Å². The topological polar surface area (TPSA) is 145 Å². The lowest BCUT2D eigenvalue weighted by atomic mass is 9.74. The van der Waals surface area contributed by atoms with Crippen LogP contribution in [0.25, 0.3) is 10.9 Å². The van der Waals surface area contributed by atoms with Crippen LogP contribution in [0, 0.1) is 11.8 Å². The van der Waals surface area contributed by atoms with Crippen molar-refractivity contribution < 1.29 is 39.4 Å². The molecule has 0 saturated carbocycles. The van der Waals surface area contributed by atoms with Crippen molar-refractivity contribution in [1.29, 1.82) is 0 Å². The monoisotopic (exact) mass is 498 g/mol. The van der Waals surface area contributed by atoms with E-state index < -0.39 is 49.5 Å². The Kier molecular flexibility index (Phi) is 5.90. The van der Waals surface area contributed by atoms with Crippen LogP contribution in [0.1, 0.15) is 23.7 Å². The maximum atomic E-state index is 13.5. The van der Waals surface area contributed by atoms with Crippen LogP contribution in [0.5, 0.6) is 0 Å². The molecule has 36 heavy (non-hydrogen) atoms. The molecule has 1 amide bonds. The third-order valence-corrected chi connectivity index (χ3v) is 8.04. The summed E-state index contributed by atoms with van der Waals surface area (Å²) in [6.07, 6.45) is -3.53. The maximum absolute atomic E-state index is 13.5. The molecule has 0 radical (unpaired) electrons. The summed E-state index contributed by atoms with van der Waals surface area (Å²) in [6, 6.07) is 8.01. The second-order valence-electron chi connectivity index (χ2n) is 9.89. The van der Waals surface area contributed by atoms with Crippen molar-refractivity contribution >= 4 is 16.8 Å². The Morgan fingerprint density at radius 1 is 1.17 bits per heavy atom. The summed E-state index contributed by atoms with van der Waals surface area (Å²) in [4.78, 5) is 19.0. The van der Waals surface area contributed by atoms with E-state index in [0.29, 0.717) is 18.5 Å². The van der Waals surface area contributed by atoms with Crippen LogP contribution in [0.4, 0.5) is 0 Å². The number of aliphatic hydroxyl groups is 4. The van der Waals surface area contributed by atoms with E-state index in [4.69, 9.17) is 14.2 Å². The van der Waals surface area contributed by atoms with Crippen LogP contribution in [0.3, 0.4) is 0 Å². The predicted octanol–water partition coefficient (Wildman–Crippen LogP) is 0.473. The molecule has 6 rings (SSSR count). The number of fused-ring (bicyclic) bond motifs is 6. The van der Waals surface area contributed by atoms with Gasteiger partial charge in [-0.15, -0.1) is 6.58 Å². The number of aromatic amines is 1. The van der Waals surface area contributed by atoms with Gasteiger partial charge >= 0.3 is 0 Å². The van der Waals surface area contributed by atoms with Crippen molar-refractivity contribution in [3.8, 4) is 0 Å². The third-order valence-electron chi connectivity index (χ3n) is 8.04. The number of nitrogens with one attached hydrogen (secondary N) is 1. The molecule has 5 N–H and O–H groups in total. The molecule has 0 bridgehead atoms. The third kappa shape index (κ3) is 3.52. The summed E-state index contributed by atoms with van der Waals surface area (Å²) in [5.74, 6) is -0.783. The lowest BCUT2D eigenvalue weighted by Crippen LogP contribution is -2.60. The molecule has 9 atom stereocenters. The Morgan fingerprint density at radius 3 is 2.75 bits per heavy atom. The molecule has 10 heteroatoms. The number of piperidine rings is 1. The number of aromatic nitrogens is 1. The van der Waals surface area contributed by atoms with Gasteiger partial charge in [-0.25, -0.2) is 0 Å². The molecule has 2 saturated heterocycles. The van der Waals surface area contributed by atoms with Crippen molar-refractivity contribution in [3.63, 3.8) is 0 Å². The number of ether oxygens (including phenoxy) is 3. The van der Waals surface area contributed by atoms with Crippen molar-refractivity contribution in [3.05, 3.63) is 60.0 Å². The van der Waals surface area contributed by atoms with Crippen molar-refractivity contribution in [2.24, 2.45) is 11.8 Å². The number of benzene rings is 1. The van der Waals surface area contributed by atoms with Gasteiger partial charge in [0.2, 0.25) is 6.29 Å². The largest absolute Gasteiger partial charge is 0.471 e. The minimum atomic E-state index is -1.56. The zero-order chi connectivity index (χ0) is 25.1. The molecule has 4 aliphatic rings. The van der Waals surface area contributed by atoms with Gasteiger partial charge in [0.05, 0.1) is 24.5 Å². The number of amides is 1. The fraction of sp³-hybridized carbons (Fsp3) is 0.500. The average molecular weight is 499 g/mol. The molecule has 0 aliphatic carbocycles. The fourth-order valence-electron chi connectivity index (χ4n) is 6.13. The number of rotatable bonds is 4. The maximum Gasteiger partial charge on any atom is 0.253 e. The summed E-state index contributed by atoms with van der Waals surface area (Å²) in [5, 5.41) is 41.3. The summed E-state index contributed by atoms with van der Waals surface area (Å²) in [6.45, 7) is 4.01. The molecule has 10 nitrogen and oxygen atoms in total. The molecule has 2 fully saturated rings. The number of carbonyl (C=O) groups excluding carboxylic acids is 1. The van der Waals surface area contributed by atoms with Crippen LogP contribution in [0.2, 0.25) is 0 Å². The molecule has 1 aromatic heterocycles. The Morgan fingerprint density at radius 2 is 1.97 bits per heavy atom. The first-order valence-electron chi connectivity index (χ1n) is 12.3. The first-order valence-corrected chi connectivity index (χ1v) is 12.3. The molecule has 4 aliphatic heterocycles. The molecule has 5 heterocycles. The Labute approximate surface area is 207 Å². The molecule has 0 spiro atoms. The van der Waals surface area contributed by atoms with Crippen LogP contribution in [0.15, 0.2) is 48.8 Å². The number of aliphatic hydroxyl groups excluding tert-OH is 4. The number of H-pyrrole nitrogens is 1. The molecule has 1 aromatic carbocycles. The quantitative estimate of drug-likeness (QED) is 0.383. The Bertz CT molecular complexity index is 1210. The van der Waals surface area contributed by atoms with Crippen LogP contribution >= 0.6 is 0 Å². The van der Waals surface area contributed by atoms with Gasteiger partial charge in [-0.3, -0.25) is 4.79 Å². The smallest absolute Gasteiger partial charge is 0.253 e. The standard InChI is InChI=1S/C26H30N2O8/c1-2-12-15-9-18-20-14(13-5-3-4-6-17(13)27-20)7-8-28(18)24(33)16(15)11-34-25(12)36-26-23(32)22(31)21(30)19(10-29)35-26/h2-6,11-12,15,18-19,21-23,25-27,29-32H,1,7-10H2/t12-,15+,18-,19-,21-,22+,23-,25+,26+/m0/s1. The molecular formula is C26H30N2O8. The highest BCUT2D eigenvalue weighted by Gasteiger charge is 2.51. The molecule has 2 aromatic rings. The number of nitrogens with zero attached hydrogens (tertiary/aromatic N) is 1. The van der Waals surface area contributed by atoms with E-state index in [0.717, 1.165) is 17.6 Å². The molecule has 0 unspecified atom stereocenters. The first kappa shape index (κ1) is 23.7.